The van der Waals surface area contributed by atoms with Crippen LogP contribution in [-0.4, -0.2) is 19.2 Å². The van der Waals surface area contributed by atoms with Crippen LogP contribution in [0.1, 0.15) is 12.5 Å². The second-order valence-corrected chi connectivity index (χ2v) is 8.13. The predicted molar refractivity (Wildman–Crippen MR) is 87.7 cm³/mol. The fourth-order valence-electron chi connectivity index (χ4n) is 2.03. The molecule has 0 bridgehead atoms. The molecule has 0 amide bonds. The molecule has 3 rings (SSSR count). The lowest BCUT2D eigenvalue weighted by Gasteiger charge is -1.99. The molecule has 0 fully saturated rings. The molecular weight excluding hydrogens is 337 g/mol. The molecule has 1 aromatic heterocycles. The molecule has 120 valence electrons. The van der Waals surface area contributed by atoms with E-state index in [1.807, 2.05) is 0 Å². The molecule has 0 aliphatic rings. The van der Waals surface area contributed by atoms with Gasteiger partial charge in [0.25, 0.3) is 5.22 Å². The van der Waals surface area contributed by atoms with Crippen molar-refractivity contribution < 1.29 is 17.2 Å². The van der Waals surface area contributed by atoms with Crippen molar-refractivity contribution in [1.29, 1.82) is 0 Å². The van der Waals surface area contributed by atoms with Gasteiger partial charge in [-0.2, -0.15) is 0 Å². The second kappa shape index (κ2) is 6.33. The molecule has 0 N–H and O–H groups in total. The Balaban J connectivity index is 1.81. The van der Waals surface area contributed by atoms with Crippen molar-refractivity contribution in [3.05, 3.63) is 53.8 Å². The van der Waals surface area contributed by atoms with Gasteiger partial charge in [0, 0.05) is 5.75 Å². The molecular formula is C16H14FNO3S2. The van der Waals surface area contributed by atoms with Crippen molar-refractivity contribution >= 4 is 32.7 Å². The Labute approximate surface area is 137 Å². The Hall–Kier alpha value is -1.86. The molecule has 0 aliphatic carbocycles. The summed E-state index contributed by atoms with van der Waals surface area (Å²) in [5.41, 5.74) is 2.01. The molecule has 0 spiro atoms. The van der Waals surface area contributed by atoms with Gasteiger partial charge in [0.05, 0.1) is 10.6 Å². The summed E-state index contributed by atoms with van der Waals surface area (Å²) in [6.45, 7) is 1.60. The average Bonchev–Trinajstić information content (AvgIpc) is 2.96. The van der Waals surface area contributed by atoms with E-state index in [1.54, 1.807) is 25.1 Å². The number of rotatable bonds is 5. The molecule has 0 atom stereocenters. The minimum atomic E-state index is -3.26. The standard InChI is InChI=1S/C16H14FNO3S2/c1-2-23(19,20)13-7-8-15-14(9-13)18-16(21-15)22-10-11-3-5-12(17)6-4-11/h3-9H,2,10H2,1H3. The third-order valence-corrected chi connectivity index (χ3v) is 5.99. The van der Waals surface area contributed by atoms with E-state index in [9.17, 15) is 12.8 Å². The van der Waals surface area contributed by atoms with E-state index >= 15 is 0 Å². The van der Waals surface area contributed by atoms with Gasteiger partial charge < -0.3 is 4.42 Å². The van der Waals surface area contributed by atoms with Crippen LogP contribution in [0.4, 0.5) is 4.39 Å². The van der Waals surface area contributed by atoms with Crippen LogP contribution in [0.15, 0.2) is 57.0 Å². The number of oxazole rings is 1. The summed E-state index contributed by atoms with van der Waals surface area (Å²) in [6.07, 6.45) is 0. The van der Waals surface area contributed by atoms with Crippen LogP contribution in [0.5, 0.6) is 0 Å². The summed E-state index contributed by atoms with van der Waals surface area (Å²) >= 11 is 1.37. The van der Waals surface area contributed by atoms with Crippen molar-refractivity contribution in [2.24, 2.45) is 0 Å². The summed E-state index contributed by atoms with van der Waals surface area (Å²) in [4.78, 5) is 4.56. The highest BCUT2D eigenvalue weighted by Gasteiger charge is 2.14. The molecule has 3 aromatic rings. The second-order valence-electron chi connectivity index (χ2n) is 4.93. The molecule has 2 aromatic carbocycles. The maximum Gasteiger partial charge on any atom is 0.257 e. The van der Waals surface area contributed by atoms with Crippen LogP contribution < -0.4 is 0 Å². The van der Waals surface area contributed by atoms with Crippen LogP contribution in [0, 0.1) is 5.82 Å². The monoisotopic (exact) mass is 351 g/mol. The maximum absolute atomic E-state index is 12.9. The molecule has 0 saturated heterocycles. The van der Waals surface area contributed by atoms with Crippen molar-refractivity contribution in [2.75, 3.05) is 5.75 Å². The van der Waals surface area contributed by atoms with Crippen molar-refractivity contribution in [1.82, 2.24) is 4.98 Å². The van der Waals surface area contributed by atoms with Gasteiger partial charge in [0.1, 0.15) is 11.3 Å². The lowest BCUT2D eigenvalue weighted by molar-refractivity contribution is 0.489. The van der Waals surface area contributed by atoms with Crippen LogP contribution >= 0.6 is 11.8 Å². The molecule has 0 aliphatic heterocycles. The number of halogens is 1. The number of thioether (sulfide) groups is 1. The summed E-state index contributed by atoms with van der Waals surface area (Å²) in [5.74, 6) is 0.362. The molecule has 0 unspecified atom stereocenters. The molecule has 7 heteroatoms. The first-order valence-corrected chi connectivity index (χ1v) is 9.62. The lowest BCUT2D eigenvalue weighted by Crippen LogP contribution is -2.03. The average molecular weight is 351 g/mol. The van der Waals surface area contributed by atoms with Crippen LogP contribution in [0.3, 0.4) is 0 Å². The summed E-state index contributed by atoms with van der Waals surface area (Å²) in [5, 5.41) is 0.454. The molecule has 0 radical (unpaired) electrons. The topological polar surface area (TPSA) is 60.2 Å². The first-order valence-electron chi connectivity index (χ1n) is 6.98. The highest BCUT2D eigenvalue weighted by atomic mass is 32.2. The van der Waals surface area contributed by atoms with E-state index in [1.165, 1.54) is 36.0 Å². The number of aromatic nitrogens is 1. The zero-order valence-corrected chi connectivity index (χ0v) is 14.0. The normalized spacial score (nSPS) is 11.9. The summed E-state index contributed by atoms with van der Waals surface area (Å²) in [7, 11) is -3.26. The molecule has 0 saturated carbocycles. The number of fused-ring (bicyclic) bond motifs is 1. The fourth-order valence-corrected chi connectivity index (χ4v) is 3.73. The van der Waals surface area contributed by atoms with E-state index in [0.29, 0.717) is 22.1 Å². The number of benzene rings is 2. The van der Waals surface area contributed by atoms with Gasteiger partial charge in [-0.3, -0.25) is 0 Å². The third kappa shape index (κ3) is 3.56. The van der Waals surface area contributed by atoms with Crippen LogP contribution in [-0.2, 0) is 15.6 Å². The van der Waals surface area contributed by atoms with Crippen LogP contribution in [0.25, 0.3) is 11.1 Å². The van der Waals surface area contributed by atoms with E-state index < -0.39 is 9.84 Å². The Morgan fingerprint density at radius 3 is 2.61 bits per heavy atom. The predicted octanol–water partition coefficient (Wildman–Crippen LogP) is 4.05. The summed E-state index contributed by atoms with van der Waals surface area (Å²) in [6, 6.07) is 10.9. The molecule has 1 heterocycles. The largest absolute Gasteiger partial charge is 0.431 e. The Kier molecular flexibility index (Phi) is 4.41. The first kappa shape index (κ1) is 16.0. The number of nitrogens with zero attached hydrogens (tertiary/aromatic N) is 1. The highest BCUT2D eigenvalue weighted by Crippen LogP contribution is 2.28. The van der Waals surface area contributed by atoms with E-state index in [-0.39, 0.29) is 16.5 Å². The minimum absolute atomic E-state index is 0.0442. The Morgan fingerprint density at radius 1 is 1.17 bits per heavy atom. The quantitative estimate of drug-likeness (QED) is 0.649. The van der Waals surface area contributed by atoms with Gasteiger partial charge in [-0.05, 0) is 35.9 Å². The number of sulfone groups is 1. The Bertz CT molecular complexity index is 934. The van der Waals surface area contributed by atoms with Gasteiger partial charge in [-0.1, -0.05) is 30.8 Å². The Morgan fingerprint density at radius 2 is 1.91 bits per heavy atom. The number of hydrogen-bond acceptors (Lipinski definition) is 5. The fraction of sp³-hybridized carbons (Fsp3) is 0.188. The number of hydrogen-bond donors (Lipinski definition) is 0. The summed E-state index contributed by atoms with van der Waals surface area (Å²) < 4.78 is 42.3. The van der Waals surface area contributed by atoms with Crippen molar-refractivity contribution in [2.45, 2.75) is 22.8 Å². The van der Waals surface area contributed by atoms with Crippen molar-refractivity contribution in [3.63, 3.8) is 0 Å². The first-order chi connectivity index (χ1) is 11.0. The smallest absolute Gasteiger partial charge is 0.257 e. The molecule has 4 nitrogen and oxygen atoms in total. The molecule has 23 heavy (non-hydrogen) atoms. The third-order valence-electron chi connectivity index (χ3n) is 3.35. The van der Waals surface area contributed by atoms with Gasteiger partial charge in [0.15, 0.2) is 15.4 Å². The van der Waals surface area contributed by atoms with Gasteiger partial charge in [-0.15, -0.1) is 0 Å². The van der Waals surface area contributed by atoms with Crippen LogP contribution in [0.2, 0.25) is 0 Å². The van der Waals surface area contributed by atoms with Gasteiger partial charge in [-0.25, -0.2) is 17.8 Å². The lowest BCUT2D eigenvalue weighted by atomic mass is 10.2. The minimum Gasteiger partial charge on any atom is -0.431 e. The zero-order chi connectivity index (χ0) is 16.4. The SMILES string of the molecule is CCS(=O)(=O)c1ccc2oc(SCc3ccc(F)cc3)nc2c1. The maximum atomic E-state index is 12.9. The highest BCUT2D eigenvalue weighted by molar-refractivity contribution is 7.98. The van der Waals surface area contributed by atoms with Crippen molar-refractivity contribution in [3.8, 4) is 0 Å². The van der Waals surface area contributed by atoms with E-state index in [4.69, 9.17) is 4.42 Å². The van der Waals surface area contributed by atoms with E-state index in [2.05, 4.69) is 4.98 Å². The van der Waals surface area contributed by atoms with Gasteiger partial charge in [0.2, 0.25) is 0 Å². The zero-order valence-electron chi connectivity index (χ0n) is 12.3. The van der Waals surface area contributed by atoms with Gasteiger partial charge >= 0.3 is 0 Å². The van der Waals surface area contributed by atoms with E-state index in [0.717, 1.165) is 5.56 Å².